The van der Waals surface area contributed by atoms with E-state index in [1.165, 1.54) is 11.8 Å². The molecular formula is C21H20ClN3O3. The normalized spacial score (nSPS) is 13.9. The molecule has 3 amide bonds. The lowest BCUT2D eigenvalue weighted by Crippen LogP contribution is -2.32. The van der Waals surface area contributed by atoms with E-state index in [2.05, 4.69) is 10.6 Å². The van der Waals surface area contributed by atoms with E-state index in [1.54, 1.807) is 43.3 Å². The highest BCUT2D eigenvalue weighted by Gasteiger charge is 2.38. The fraction of sp³-hybridized carbons (Fsp3) is 0.190. The highest BCUT2D eigenvalue weighted by Crippen LogP contribution is 2.31. The van der Waals surface area contributed by atoms with Crippen molar-refractivity contribution in [3.05, 3.63) is 64.3 Å². The number of benzene rings is 2. The molecule has 1 heterocycles. The molecule has 0 fully saturated rings. The van der Waals surface area contributed by atoms with Crippen LogP contribution < -0.4 is 10.6 Å². The number of likely N-dealkylation sites (N-methyl/N-ethyl adjacent to an activating group) is 1. The minimum absolute atomic E-state index is 0.185. The molecule has 0 saturated heterocycles. The maximum atomic E-state index is 12.8. The first kappa shape index (κ1) is 19.6. The summed E-state index contributed by atoms with van der Waals surface area (Å²) in [5.41, 5.74) is 3.23. The average molecular weight is 398 g/mol. The van der Waals surface area contributed by atoms with Crippen LogP contribution in [0.5, 0.6) is 0 Å². The first-order valence-electron chi connectivity index (χ1n) is 8.83. The number of nitrogens with zero attached hydrogens (tertiary/aromatic N) is 1. The summed E-state index contributed by atoms with van der Waals surface area (Å²) >= 11 is 6.18. The Kier molecular flexibility index (Phi) is 5.51. The Morgan fingerprint density at radius 1 is 1.04 bits per heavy atom. The third-order valence-electron chi connectivity index (χ3n) is 4.42. The number of carbonyl (C=O) groups is 3. The van der Waals surface area contributed by atoms with Crippen LogP contribution in [-0.4, -0.2) is 29.2 Å². The van der Waals surface area contributed by atoms with Crippen molar-refractivity contribution >= 4 is 46.3 Å². The van der Waals surface area contributed by atoms with Gasteiger partial charge in [0.15, 0.2) is 0 Å². The number of hydrogen-bond acceptors (Lipinski definition) is 4. The van der Waals surface area contributed by atoms with Crippen molar-refractivity contribution in [3.8, 4) is 0 Å². The number of anilines is 2. The molecular weight excluding hydrogens is 378 g/mol. The average Bonchev–Trinajstić information content (AvgIpc) is 2.88. The number of halogens is 1. The minimum Gasteiger partial charge on any atom is -0.350 e. The summed E-state index contributed by atoms with van der Waals surface area (Å²) in [7, 11) is 0. The number of hydrogen-bond donors (Lipinski definition) is 2. The first-order chi connectivity index (χ1) is 13.3. The maximum Gasteiger partial charge on any atom is 0.278 e. The molecule has 2 aromatic rings. The second-order valence-corrected chi connectivity index (χ2v) is 6.86. The monoisotopic (exact) mass is 397 g/mol. The molecule has 6 nitrogen and oxygen atoms in total. The summed E-state index contributed by atoms with van der Waals surface area (Å²) in [5.74, 6) is -0.930. The van der Waals surface area contributed by atoms with Gasteiger partial charge in [0.25, 0.3) is 11.8 Å². The molecule has 0 unspecified atom stereocenters. The van der Waals surface area contributed by atoms with Gasteiger partial charge in [-0.3, -0.25) is 19.3 Å². The molecule has 0 aliphatic carbocycles. The SMILES string of the molecule is CCN1C(=O)C(Nc2ccc(C)c(Cl)c2)=C(c2ccc(NC(C)=O)cc2)C1=O. The van der Waals surface area contributed by atoms with Gasteiger partial charge in [-0.15, -0.1) is 0 Å². The molecule has 0 spiro atoms. The van der Waals surface area contributed by atoms with Crippen molar-refractivity contribution in [3.63, 3.8) is 0 Å². The number of amides is 3. The first-order valence-corrected chi connectivity index (χ1v) is 9.21. The Balaban J connectivity index is 2.03. The van der Waals surface area contributed by atoms with Crippen molar-refractivity contribution in [2.45, 2.75) is 20.8 Å². The Hall–Kier alpha value is -3.12. The molecule has 3 rings (SSSR count). The van der Waals surface area contributed by atoms with E-state index in [-0.39, 0.29) is 35.5 Å². The standard InChI is InChI=1S/C21H20ClN3O3/c1-4-25-20(27)18(14-6-9-15(10-7-14)23-13(3)26)19(21(25)28)24-16-8-5-12(2)17(22)11-16/h5-11,24H,4H2,1-3H3,(H,23,26). The lowest BCUT2D eigenvalue weighted by Gasteiger charge is -2.12. The smallest absolute Gasteiger partial charge is 0.278 e. The van der Waals surface area contributed by atoms with Crippen LogP contribution >= 0.6 is 11.6 Å². The second kappa shape index (κ2) is 7.86. The van der Waals surface area contributed by atoms with E-state index in [9.17, 15) is 14.4 Å². The predicted molar refractivity (Wildman–Crippen MR) is 110 cm³/mol. The van der Waals surface area contributed by atoms with Crippen molar-refractivity contribution < 1.29 is 14.4 Å². The molecule has 0 radical (unpaired) electrons. The molecule has 28 heavy (non-hydrogen) atoms. The van der Waals surface area contributed by atoms with Gasteiger partial charge in [0, 0.05) is 29.9 Å². The molecule has 0 aromatic heterocycles. The van der Waals surface area contributed by atoms with Gasteiger partial charge in [0.2, 0.25) is 5.91 Å². The summed E-state index contributed by atoms with van der Waals surface area (Å²) in [6.07, 6.45) is 0. The van der Waals surface area contributed by atoms with Crippen molar-refractivity contribution in [1.29, 1.82) is 0 Å². The van der Waals surface area contributed by atoms with Gasteiger partial charge in [-0.2, -0.15) is 0 Å². The summed E-state index contributed by atoms with van der Waals surface area (Å²) in [4.78, 5) is 38.0. The molecule has 144 valence electrons. The minimum atomic E-state index is -0.384. The van der Waals surface area contributed by atoms with Crippen LogP contribution in [-0.2, 0) is 14.4 Å². The van der Waals surface area contributed by atoms with Crippen LogP contribution in [0.2, 0.25) is 5.02 Å². The molecule has 0 saturated carbocycles. The predicted octanol–water partition coefficient (Wildman–Crippen LogP) is 3.82. The lowest BCUT2D eigenvalue weighted by molar-refractivity contribution is -0.136. The topological polar surface area (TPSA) is 78.5 Å². The zero-order valence-corrected chi connectivity index (χ0v) is 16.6. The Morgan fingerprint density at radius 3 is 2.25 bits per heavy atom. The van der Waals surface area contributed by atoms with E-state index >= 15 is 0 Å². The molecule has 2 N–H and O–H groups in total. The largest absolute Gasteiger partial charge is 0.350 e. The van der Waals surface area contributed by atoms with Crippen LogP contribution in [0.15, 0.2) is 48.2 Å². The summed E-state index contributed by atoms with van der Waals surface area (Å²) in [6.45, 7) is 5.32. The Morgan fingerprint density at radius 2 is 1.68 bits per heavy atom. The number of aryl methyl sites for hydroxylation is 1. The maximum absolute atomic E-state index is 12.8. The van der Waals surface area contributed by atoms with Crippen LogP contribution in [0.4, 0.5) is 11.4 Å². The van der Waals surface area contributed by atoms with E-state index in [4.69, 9.17) is 11.6 Å². The van der Waals surface area contributed by atoms with Gasteiger partial charge < -0.3 is 10.6 Å². The van der Waals surface area contributed by atoms with Gasteiger partial charge in [-0.05, 0) is 49.2 Å². The summed E-state index contributed by atoms with van der Waals surface area (Å²) < 4.78 is 0. The van der Waals surface area contributed by atoms with Crippen LogP contribution in [0, 0.1) is 6.92 Å². The fourth-order valence-electron chi connectivity index (χ4n) is 2.99. The highest BCUT2D eigenvalue weighted by molar-refractivity contribution is 6.36. The van der Waals surface area contributed by atoms with Gasteiger partial charge in [-0.25, -0.2) is 0 Å². The second-order valence-electron chi connectivity index (χ2n) is 6.45. The number of rotatable bonds is 5. The van der Waals surface area contributed by atoms with Crippen molar-refractivity contribution in [1.82, 2.24) is 4.90 Å². The number of nitrogens with one attached hydrogen (secondary N) is 2. The van der Waals surface area contributed by atoms with Crippen LogP contribution in [0.3, 0.4) is 0 Å². The van der Waals surface area contributed by atoms with E-state index < -0.39 is 0 Å². The van der Waals surface area contributed by atoms with Crippen LogP contribution in [0.25, 0.3) is 5.57 Å². The van der Waals surface area contributed by atoms with Crippen molar-refractivity contribution in [2.24, 2.45) is 0 Å². The third-order valence-corrected chi connectivity index (χ3v) is 4.83. The molecule has 0 bridgehead atoms. The Bertz CT molecular complexity index is 996. The van der Waals surface area contributed by atoms with Gasteiger partial charge in [0.05, 0.1) is 5.57 Å². The number of carbonyl (C=O) groups excluding carboxylic acids is 3. The molecule has 7 heteroatoms. The highest BCUT2D eigenvalue weighted by atomic mass is 35.5. The lowest BCUT2D eigenvalue weighted by atomic mass is 10.0. The van der Waals surface area contributed by atoms with E-state index in [0.29, 0.717) is 22.0 Å². The molecule has 2 aromatic carbocycles. The van der Waals surface area contributed by atoms with Gasteiger partial charge >= 0.3 is 0 Å². The molecule has 0 atom stereocenters. The summed E-state index contributed by atoms with van der Waals surface area (Å²) in [5, 5.41) is 6.31. The third kappa shape index (κ3) is 3.77. The fourth-order valence-corrected chi connectivity index (χ4v) is 3.17. The zero-order chi connectivity index (χ0) is 20.4. The van der Waals surface area contributed by atoms with Gasteiger partial charge in [-0.1, -0.05) is 29.8 Å². The zero-order valence-electron chi connectivity index (χ0n) is 15.8. The Labute approximate surface area is 168 Å². The van der Waals surface area contributed by atoms with Crippen molar-refractivity contribution in [2.75, 3.05) is 17.2 Å². The van der Waals surface area contributed by atoms with E-state index in [1.807, 2.05) is 13.0 Å². The summed E-state index contributed by atoms with van der Waals surface area (Å²) in [6, 6.07) is 12.1. The molecule has 1 aliphatic rings. The van der Waals surface area contributed by atoms with Crippen LogP contribution in [0.1, 0.15) is 25.0 Å². The molecule has 1 aliphatic heterocycles. The number of imide groups is 1. The van der Waals surface area contributed by atoms with Gasteiger partial charge in [0.1, 0.15) is 5.70 Å². The van der Waals surface area contributed by atoms with E-state index in [0.717, 1.165) is 5.56 Å². The quantitative estimate of drug-likeness (QED) is 0.752.